The zero-order valence-electron chi connectivity index (χ0n) is 22.2. The fraction of sp³-hybridized carbons (Fsp3) is 0.552. The number of hydrogen-bond acceptors (Lipinski definition) is 4. The molecule has 2 rings (SSSR count). The lowest BCUT2D eigenvalue weighted by molar-refractivity contribution is -0.131. The number of rotatable bonds is 18. The fourth-order valence-corrected chi connectivity index (χ4v) is 4.81. The molecule has 0 aliphatic carbocycles. The largest absolute Gasteiger partial charge is 0.342 e. The van der Waals surface area contributed by atoms with Crippen LogP contribution in [0.3, 0.4) is 0 Å². The molecular weight excluding hydrogens is 470 g/mol. The molecule has 0 saturated heterocycles. The van der Waals surface area contributed by atoms with Crippen LogP contribution < -0.4 is 5.14 Å². The molecular formula is C29H45N3O3S. The van der Waals surface area contributed by atoms with Crippen LogP contribution in [-0.2, 0) is 27.7 Å². The Morgan fingerprint density at radius 2 is 1.25 bits per heavy atom. The number of hydrogen-bond donors (Lipinski definition) is 1. The Bertz CT molecular complexity index is 969. The molecule has 0 radical (unpaired) electrons. The van der Waals surface area contributed by atoms with Gasteiger partial charge in [-0.15, -0.1) is 0 Å². The van der Waals surface area contributed by atoms with Crippen molar-refractivity contribution in [1.29, 1.82) is 0 Å². The van der Waals surface area contributed by atoms with Crippen LogP contribution in [-0.4, -0.2) is 56.8 Å². The van der Waals surface area contributed by atoms with Gasteiger partial charge < -0.3 is 9.80 Å². The Kier molecular flexibility index (Phi) is 13.8. The van der Waals surface area contributed by atoms with Crippen LogP contribution in [0, 0.1) is 0 Å². The van der Waals surface area contributed by atoms with Crippen molar-refractivity contribution in [3.8, 4) is 0 Å². The number of sulfonamides is 1. The number of amides is 1. The van der Waals surface area contributed by atoms with E-state index in [9.17, 15) is 13.2 Å². The molecule has 0 spiro atoms. The smallest absolute Gasteiger partial charge is 0.238 e. The van der Waals surface area contributed by atoms with E-state index in [2.05, 4.69) is 30.9 Å². The van der Waals surface area contributed by atoms with Crippen molar-refractivity contribution in [3.63, 3.8) is 0 Å². The minimum Gasteiger partial charge on any atom is -0.342 e. The summed E-state index contributed by atoms with van der Waals surface area (Å²) in [5.41, 5.74) is 2.20. The van der Waals surface area contributed by atoms with Gasteiger partial charge in [-0.3, -0.25) is 4.79 Å². The maximum Gasteiger partial charge on any atom is 0.238 e. The number of benzene rings is 2. The van der Waals surface area contributed by atoms with Gasteiger partial charge >= 0.3 is 0 Å². The molecule has 1 amide bonds. The second kappa shape index (κ2) is 16.5. The minimum absolute atomic E-state index is 0.106. The Hall–Kier alpha value is -2.22. The third-order valence-electron chi connectivity index (χ3n) is 6.59. The summed E-state index contributed by atoms with van der Waals surface area (Å²) >= 11 is 0. The van der Waals surface area contributed by atoms with E-state index in [1.54, 1.807) is 12.1 Å². The molecule has 0 saturated carbocycles. The topological polar surface area (TPSA) is 83.7 Å². The summed E-state index contributed by atoms with van der Waals surface area (Å²) in [4.78, 5) is 17.9. The monoisotopic (exact) mass is 515 g/mol. The lowest BCUT2D eigenvalue weighted by Gasteiger charge is -2.26. The Labute approximate surface area is 218 Å². The van der Waals surface area contributed by atoms with Gasteiger partial charge in [0.1, 0.15) is 0 Å². The van der Waals surface area contributed by atoms with E-state index in [4.69, 9.17) is 5.14 Å². The van der Waals surface area contributed by atoms with Gasteiger partial charge in [0.05, 0.1) is 4.90 Å². The van der Waals surface area contributed by atoms with Crippen molar-refractivity contribution in [2.45, 2.75) is 76.5 Å². The lowest BCUT2D eigenvalue weighted by Crippen LogP contribution is -2.37. The second-order valence-electron chi connectivity index (χ2n) is 9.56. The van der Waals surface area contributed by atoms with Crippen molar-refractivity contribution >= 4 is 15.9 Å². The van der Waals surface area contributed by atoms with Crippen molar-refractivity contribution in [2.75, 3.05) is 32.7 Å². The summed E-state index contributed by atoms with van der Waals surface area (Å²) < 4.78 is 23.1. The van der Waals surface area contributed by atoms with E-state index in [0.29, 0.717) is 25.9 Å². The zero-order chi connectivity index (χ0) is 26.2. The molecule has 0 aliphatic rings. The maximum atomic E-state index is 13.3. The van der Waals surface area contributed by atoms with Gasteiger partial charge in [-0.05, 0) is 62.0 Å². The normalized spacial score (nSPS) is 11.7. The van der Waals surface area contributed by atoms with Gasteiger partial charge in [-0.25, -0.2) is 13.6 Å². The summed E-state index contributed by atoms with van der Waals surface area (Å²) in [5.74, 6) is 0.183. The highest BCUT2D eigenvalue weighted by Crippen LogP contribution is 2.12. The highest BCUT2D eigenvalue weighted by atomic mass is 32.2. The molecule has 0 atom stereocenters. The lowest BCUT2D eigenvalue weighted by atomic mass is 10.1. The second-order valence-corrected chi connectivity index (χ2v) is 11.1. The van der Waals surface area contributed by atoms with E-state index >= 15 is 0 Å². The summed E-state index contributed by atoms with van der Waals surface area (Å²) in [6.07, 6.45) is 9.23. The summed E-state index contributed by atoms with van der Waals surface area (Å²) in [5, 5.41) is 5.21. The van der Waals surface area contributed by atoms with Crippen LogP contribution in [0.25, 0.3) is 0 Å². The highest BCUT2D eigenvalue weighted by molar-refractivity contribution is 7.89. The van der Waals surface area contributed by atoms with E-state index in [1.807, 2.05) is 23.1 Å². The third kappa shape index (κ3) is 11.7. The molecule has 0 heterocycles. The van der Waals surface area contributed by atoms with E-state index in [1.165, 1.54) is 56.2 Å². The van der Waals surface area contributed by atoms with Crippen molar-refractivity contribution in [3.05, 3.63) is 65.7 Å². The van der Waals surface area contributed by atoms with Gasteiger partial charge in [0.15, 0.2) is 0 Å². The summed E-state index contributed by atoms with van der Waals surface area (Å²) in [6, 6.07) is 16.9. The molecule has 0 aromatic heterocycles. The van der Waals surface area contributed by atoms with Crippen LogP contribution >= 0.6 is 0 Å². The Balaban J connectivity index is 2.00. The van der Waals surface area contributed by atoms with Gasteiger partial charge in [-0.1, -0.05) is 82.0 Å². The van der Waals surface area contributed by atoms with E-state index < -0.39 is 10.0 Å². The predicted molar refractivity (Wildman–Crippen MR) is 148 cm³/mol. The molecule has 0 aliphatic heterocycles. The molecule has 36 heavy (non-hydrogen) atoms. The number of unbranched alkanes of at least 4 members (excludes halogenated alkanes) is 4. The first kappa shape index (κ1) is 30.0. The van der Waals surface area contributed by atoms with Crippen LogP contribution in [0.2, 0.25) is 0 Å². The average Bonchev–Trinajstić information content (AvgIpc) is 2.87. The van der Waals surface area contributed by atoms with E-state index in [-0.39, 0.29) is 10.8 Å². The molecule has 0 fully saturated rings. The van der Waals surface area contributed by atoms with Crippen LogP contribution in [0.4, 0.5) is 0 Å². The number of nitrogens with two attached hydrogens (primary N) is 1. The number of carbonyl (C=O) groups is 1. The third-order valence-corrected chi connectivity index (χ3v) is 7.52. The van der Waals surface area contributed by atoms with Gasteiger partial charge in [0, 0.05) is 26.1 Å². The molecule has 200 valence electrons. The first-order chi connectivity index (χ1) is 17.3. The zero-order valence-corrected chi connectivity index (χ0v) is 23.0. The summed E-state index contributed by atoms with van der Waals surface area (Å²) in [6.45, 7) is 8.64. The predicted octanol–water partition coefficient (Wildman–Crippen LogP) is 5.02. The quantitative estimate of drug-likeness (QED) is 0.283. The average molecular weight is 516 g/mol. The number of nitrogens with zero attached hydrogens (tertiary/aromatic N) is 2. The first-order valence-corrected chi connectivity index (χ1v) is 15.0. The van der Waals surface area contributed by atoms with Gasteiger partial charge in [0.25, 0.3) is 0 Å². The number of primary sulfonamides is 1. The van der Waals surface area contributed by atoms with Crippen LogP contribution in [0.5, 0.6) is 0 Å². The summed E-state index contributed by atoms with van der Waals surface area (Å²) in [7, 11) is -3.71. The molecule has 0 unspecified atom stereocenters. The Morgan fingerprint density at radius 1 is 0.722 bits per heavy atom. The molecule has 2 N–H and O–H groups in total. The highest BCUT2D eigenvalue weighted by Gasteiger charge is 2.16. The molecule has 2 aromatic carbocycles. The molecule has 6 nitrogen and oxygen atoms in total. The standard InChI is InChI=1S/C29H45N3O3S/c1-3-5-10-21-31(22-11-6-4-2)23-20-29(33)32(24-18-26-12-8-7-9-13-26)25-19-27-14-16-28(17-15-27)36(30,34)35/h7-9,12-17H,3-6,10-11,18-25H2,1-2H3,(H2,30,34,35). The molecule has 2 aromatic rings. The molecule has 7 heteroatoms. The van der Waals surface area contributed by atoms with E-state index in [0.717, 1.165) is 31.6 Å². The fourth-order valence-electron chi connectivity index (χ4n) is 4.30. The minimum atomic E-state index is -3.71. The SMILES string of the molecule is CCCCCN(CCCCC)CCC(=O)N(CCc1ccccc1)CCc1ccc(S(N)(=O)=O)cc1. The van der Waals surface area contributed by atoms with Crippen LogP contribution in [0.15, 0.2) is 59.5 Å². The maximum absolute atomic E-state index is 13.3. The Morgan fingerprint density at radius 3 is 1.75 bits per heavy atom. The van der Waals surface area contributed by atoms with Crippen molar-refractivity contribution < 1.29 is 13.2 Å². The van der Waals surface area contributed by atoms with Crippen molar-refractivity contribution in [1.82, 2.24) is 9.80 Å². The molecule has 0 bridgehead atoms. The van der Waals surface area contributed by atoms with Gasteiger partial charge in [0.2, 0.25) is 15.9 Å². The van der Waals surface area contributed by atoms with Gasteiger partial charge in [-0.2, -0.15) is 0 Å². The number of carbonyl (C=O) groups excluding carboxylic acids is 1. The van der Waals surface area contributed by atoms with Crippen molar-refractivity contribution in [2.24, 2.45) is 5.14 Å². The van der Waals surface area contributed by atoms with Crippen LogP contribution in [0.1, 0.15) is 69.9 Å². The first-order valence-electron chi connectivity index (χ1n) is 13.5.